The third kappa shape index (κ3) is 4.55. The molecule has 0 bridgehead atoms. The fraction of sp³-hybridized carbons (Fsp3) is 0.350. The normalized spacial score (nSPS) is 15.7. The van der Waals surface area contributed by atoms with E-state index in [2.05, 4.69) is 19.2 Å². The number of nitrogens with one attached hydrogen (secondary N) is 1. The van der Waals surface area contributed by atoms with Crippen molar-refractivity contribution in [1.29, 1.82) is 0 Å². The number of hydrogen-bond acceptors (Lipinski definition) is 4. The van der Waals surface area contributed by atoms with Crippen LogP contribution in [0.5, 0.6) is 0 Å². The van der Waals surface area contributed by atoms with Gasteiger partial charge in [0.15, 0.2) is 0 Å². The Hall–Kier alpha value is -2.22. The Labute approximate surface area is 160 Å². The molecular weight excluding hydrogens is 364 g/mol. The number of benzene rings is 2. The van der Waals surface area contributed by atoms with E-state index in [0.717, 1.165) is 5.56 Å². The van der Waals surface area contributed by atoms with Crippen molar-refractivity contribution in [2.45, 2.75) is 24.7 Å². The van der Waals surface area contributed by atoms with Crippen molar-refractivity contribution in [3.63, 3.8) is 0 Å². The number of rotatable bonds is 5. The summed E-state index contributed by atoms with van der Waals surface area (Å²) in [5, 5.41) is 2.78. The molecule has 0 spiro atoms. The molecule has 0 atom stereocenters. The van der Waals surface area contributed by atoms with Gasteiger partial charge in [-0.1, -0.05) is 32.0 Å². The van der Waals surface area contributed by atoms with E-state index >= 15 is 0 Å². The zero-order valence-electron chi connectivity index (χ0n) is 15.5. The van der Waals surface area contributed by atoms with Gasteiger partial charge in [0, 0.05) is 24.3 Å². The largest absolute Gasteiger partial charge is 0.379 e. The Kier molecular flexibility index (Phi) is 5.94. The van der Waals surface area contributed by atoms with E-state index in [1.807, 2.05) is 12.1 Å². The minimum atomic E-state index is -3.60. The fourth-order valence-corrected chi connectivity index (χ4v) is 4.35. The Balaban J connectivity index is 1.76. The van der Waals surface area contributed by atoms with Crippen LogP contribution in [0.1, 0.15) is 35.7 Å². The average Bonchev–Trinajstić information content (AvgIpc) is 2.69. The van der Waals surface area contributed by atoms with Gasteiger partial charge in [-0.2, -0.15) is 4.31 Å². The lowest BCUT2D eigenvalue weighted by molar-refractivity contribution is 0.0730. The summed E-state index contributed by atoms with van der Waals surface area (Å²) in [7, 11) is -3.60. The van der Waals surface area contributed by atoms with Gasteiger partial charge in [-0.15, -0.1) is 0 Å². The summed E-state index contributed by atoms with van der Waals surface area (Å²) >= 11 is 0. The van der Waals surface area contributed by atoms with E-state index in [1.54, 1.807) is 24.3 Å². The second-order valence-electron chi connectivity index (χ2n) is 6.78. The van der Waals surface area contributed by atoms with Gasteiger partial charge in [-0.3, -0.25) is 4.79 Å². The highest BCUT2D eigenvalue weighted by molar-refractivity contribution is 7.89. The fourth-order valence-electron chi connectivity index (χ4n) is 2.89. The zero-order chi connectivity index (χ0) is 19.4. The maximum absolute atomic E-state index is 12.8. The number of sulfonamides is 1. The van der Waals surface area contributed by atoms with E-state index in [-0.39, 0.29) is 10.8 Å². The number of hydrogen-bond donors (Lipinski definition) is 1. The molecule has 1 aliphatic rings. The number of carbonyl (C=O) groups is 1. The number of carbonyl (C=O) groups excluding carboxylic acids is 1. The van der Waals surface area contributed by atoms with Crippen molar-refractivity contribution in [2.75, 3.05) is 31.6 Å². The van der Waals surface area contributed by atoms with Crippen LogP contribution >= 0.6 is 0 Å². The Morgan fingerprint density at radius 1 is 1.07 bits per heavy atom. The van der Waals surface area contributed by atoms with Gasteiger partial charge in [0.05, 0.1) is 18.1 Å². The first kappa shape index (κ1) is 19.5. The molecule has 0 unspecified atom stereocenters. The predicted molar refractivity (Wildman–Crippen MR) is 105 cm³/mol. The molecule has 2 aromatic carbocycles. The number of morpholine rings is 1. The highest BCUT2D eigenvalue weighted by atomic mass is 32.2. The van der Waals surface area contributed by atoms with Gasteiger partial charge in [0.1, 0.15) is 0 Å². The minimum absolute atomic E-state index is 0.164. The lowest BCUT2D eigenvalue weighted by atomic mass is 10.0. The van der Waals surface area contributed by atoms with Gasteiger partial charge < -0.3 is 10.1 Å². The molecule has 6 nitrogen and oxygen atoms in total. The smallest absolute Gasteiger partial charge is 0.255 e. The van der Waals surface area contributed by atoms with E-state index in [4.69, 9.17) is 4.74 Å². The van der Waals surface area contributed by atoms with E-state index in [9.17, 15) is 13.2 Å². The van der Waals surface area contributed by atoms with Crippen LogP contribution in [0.15, 0.2) is 53.4 Å². The summed E-state index contributed by atoms with van der Waals surface area (Å²) < 4.78 is 32.1. The number of anilines is 1. The molecule has 27 heavy (non-hydrogen) atoms. The van der Waals surface area contributed by atoms with Crippen LogP contribution in [0.3, 0.4) is 0 Å². The molecule has 0 radical (unpaired) electrons. The van der Waals surface area contributed by atoms with Crippen molar-refractivity contribution in [1.82, 2.24) is 4.31 Å². The molecule has 1 amide bonds. The molecule has 1 saturated heterocycles. The monoisotopic (exact) mass is 388 g/mol. The van der Waals surface area contributed by atoms with E-state index in [0.29, 0.717) is 43.5 Å². The van der Waals surface area contributed by atoms with Gasteiger partial charge in [0.2, 0.25) is 10.0 Å². The van der Waals surface area contributed by atoms with E-state index < -0.39 is 10.0 Å². The molecular formula is C20H24N2O4S. The average molecular weight is 388 g/mol. The molecule has 0 aliphatic carbocycles. The molecule has 1 aliphatic heterocycles. The molecule has 1 heterocycles. The Bertz CT molecular complexity index is 902. The van der Waals surface area contributed by atoms with Crippen molar-refractivity contribution >= 4 is 21.6 Å². The third-order valence-electron chi connectivity index (χ3n) is 4.54. The summed E-state index contributed by atoms with van der Waals surface area (Å²) in [4.78, 5) is 12.6. The highest BCUT2D eigenvalue weighted by Gasteiger charge is 2.26. The molecule has 2 aromatic rings. The SMILES string of the molecule is CC(C)c1ccc(C(=O)Nc2cccc(S(=O)(=O)N3CCOCC3)c2)cc1. The summed E-state index contributed by atoms with van der Waals surface area (Å²) in [6, 6.07) is 13.8. The Morgan fingerprint density at radius 3 is 2.37 bits per heavy atom. The maximum atomic E-state index is 12.8. The molecule has 1 fully saturated rings. The van der Waals surface area contributed by atoms with Crippen LogP contribution in [0, 0.1) is 0 Å². The van der Waals surface area contributed by atoms with Gasteiger partial charge >= 0.3 is 0 Å². The van der Waals surface area contributed by atoms with Crippen LogP contribution < -0.4 is 5.32 Å². The summed E-state index contributed by atoms with van der Waals surface area (Å²) in [6.45, 7) is 5.64. The van der Waals surface area contributed by atoms with Crippen molar-refractivity contribution in [3.05, 3.63) is 59.7 Å². The molecule has 0 aromatic heterocycles. The number of nitrogens with zero attached hydrogens (tertiary/aromatic N) is 1. The van der Waals surface area contributed by atoms with Gasteiger partial charge in [-0.25, -0.2) is 8.42 Å². The van der Waals surface area contributed by atoms with Crippen LogP contribution in [0.25, 0.3) is 0 Å². The first-order valence-electron chi connectivity index (χ1n) is 8.97. The van der Waals surface area contributed by atoms with Gasteiger partial charge in [0.25, 0.3) is 5.91 Å². The molecule has 144 valence electrons. The summed E-state index contributed by atoms with van der Waals surface area (Å²) in [5.74, 6) is 0.121. The van der Waals surface area contributed by atoms with Crippen LogP contribution in [0.2, 0.25) is 0 Å². The standard InChI is InChI=1S/C20H24N2O4S/c1-15(2)16-6-8-17(9-7-16)20(23)21-18-4-3-5-19(14-18)27(24,25)22-10-12-26-13-11-22/h3-9,14-15H,10-13H2,1-2H3,(H,21,23). The number of ether oxygens (including phenoxy) is 1. The topological polar surface area (TPSA) is 75.7 Å². The zero-order valence-corrected chi connectivity index (χ0v) is 16.3. The highest BCUT2D eigenvalue weighted by Crippen LogP contribution is 2.21. The molecule has 3 rings (SSSR count). The van der Waals surface area contributed by atoms with Crippen molar-refractivity contribution < 1.29 is 17.9 Å². The van der Waals surface area contributed by atoms with Crippen molar-refractivity contribution in [3.8, 4) is 0 Å². The van der Waals surface area contributed by atoms with E-state index in [1.165, 1.54) is 16.4 Å². The van der Waals surface area contributed by atoms with Gasteiger partial charge in [-0.05, 0) is 41.8 Å². The summed E-state index contributed by atoms with van der Waals surface area (Å²) in [5.41, 5.74) is 2.13. The lowest BCUT2D eigenvalue weighted by Gasteiger charge is -2.26. The predicted octanol–water partition coefficient (Wildman–Crippen LogP) is 3.08. The van der Waals surface area contributed by atoms with Crippen LogP contribution in [-0.2, 0) is 14.8 Å². The molecule has 0 saturated carbocycles. The lowest BCUT2D eigenvalue weighted by Crippen LogP contribution is -2.40. The van der Waals surface area contributed by atoms with Crippen molar-refractivity contribution in [2.24, 2.45) is 0 Å². The Morgan fingerprint density at radius 2 is 1.74 bits per heavy atom. The van der Waals surface area contributed by atoms with Crippen LogP contribution in [-0.4, -0.2) is 44.9 Å². The second-order valence-corrected chi connectivity index (χ2v) is 8.71. The second kappa shape index (κ2) is 8.21. The first-order valence-corrected chi connectivity index (χ1v) is 10.4. The number of amides is 1. The molecule has 1 N–H and O–H groups in total. The molecule has 7 heteroatoms. The third-order valence-corrected chi connectivity index (χ3v) is 6.43. The van der Waals surface area contributed by atoms with Crippen LogP contribution in [0.4, 0.5) is 5.69 Å². The quantitative estimate of drug-likeness (QED) is 0.854. The first-order chi connectivity index (χ1) is 12.9. The minimum Gasteiger partial charge on any atom is -0.379 e. The summed E-state index contributed by atoms with van der Waals surface area (Å²) in [6.07, 6.45) is 0. The maximum Gasteiger partial charge on any atom is 0.255 e.